The summed E-state index contributed by atoms with van der Waals surface area (Å²) in [5.41, 5.74) is 1.02. The lowest BCUT2D eigenvalue weighted by Gasteiger charge is -2.11. The molecule has 0 aliphatic carbocycles. The second kappa shape index (κ2) is 11.8. The van der Waals surface area contributed by atoms with Crippen molar-refractivity contribution in [2.24, 2.45) is 0 Å². The van der Waals surface area contributed by atoms with Gasteiger partial charge in [-0.1, -0.05) is 61.4 Å². The molecule has 1 aromatic carbocycles. The highest BCUT2D eigenvalue weighted by Crippen LogP contribution is 2.36. The molecule has 1 heterocycles. The van der Waals surface area contributed by atoms with Gasteiger partial charge in [-0.25, -0.2) is 0 Å². The van der Waals surface area contributed by atoms with Crippen LogP contribution in [0.15, 0.2) is 36.2 Å². The van der Waals surface area contributed by atoms with E-state index in [9.17, 15) is 4.79 Å². The number of aromatic amines is 1. The lowest BCUT2D eigenvalue weighted by atomic mass is 10.1. The molecule has 0 saturated carbocycles. The molecule has 0 spiro atoms. The topological polar surface area (TPSA) is 42.1 Å². The van der Waals surface area contributed by atoms with Crippen LogP contribution >= 0.6 is 63.7 Å². The first-order valence-corrected chi connectivity index (χ1v) is 12.3. The molecule has 148 valence electrons. The molecular formula is C20H23Br4NO2. The van der Waals surface area contributed by atoms with E-state index in [1.165, 1.54) is 32.1 Å². The third-order valence-corrected chi connectivity index (χ3v) is 8.00. The quantitative estimate of drug-likeness (QED) is 0.201. The summed E-state index contributed by atoms with van der Waals surface area (Å²) in [6.07, 6.45) is 8.60. The predicted octanol–water partition coefficient (Wildman–Crippen LogP) is 8.43. The summed E-state index contributed by atoms with van der Waals surface area (Å²) in [6, 6.07) is 5.55. The van der Waals surface area contributed by atoms with Gasteiger partial charge >= 0.3 is 0 Å². The third-order valence-electron chi connectivity index (χ3n) is 4.26. The van der Waals surface area contributed by atoms with Gasteiger partial charge < -0.3 is 9.72 Å². The van der Waals surface area contributed by atoms with Crippen molar-refractivity contribution >= 4 is 69.5 Å². The molecule has 0 saturated heterocycles. The Morgan fingerprint density at radius 3 is 2.26 bits per heavy atom. The lowest BCUT2D eigenvalue weighted by molar-refractivity contribution is 0.103. The number of nitrogens with one attached hydrogen (secondary N) is 1. The van der Waals surface area contributed by atoms with E-state index in [1.54, 1.807) is 6.07 Å². The molecule has 2 rings (SSSR count). The maximum absolute atomic E-state index is 13.0. The fraction of sp³-hybridized carbons (Fsp3) is 0.450. The van der Waals surface area contributed by atoms with Crippen LogP contribution in [-0.4, -0.2) is 17.4 Å². The average molecular weight is 629 g/mol. The Kier molecular flexibility index (Phi) is 10.1. The van der Waals surface area contributed by atoms with Gasteiger partial charge in [-0.05, 0) is 72.4 Å². The van der Waals surface area contributed by atoms with E-state index in [-0.39, 0.29) is 5.78 Å². The van der Waals surface area contributed by atoms with Crippen molar-refractivity contribution in [3.05, 3.63) is 47.5 Å². The lowest BCUT2D eigenvalue weighted by Crippen LogP contribution is -2.07. The molecule has 1 N–H and O–H groups in total. The van der Waals surface area contributed by atoms with Gasteiger partial charge in [0, 0.05) is 4.47 Å². The van der Waals surface area contributed by atoms with Crippen LogP contribution in [-0.2, 0) is 0 Å². The minimum Gasteiger partial charge on any atom is -0.493 e. The largest absolute Gasteiger partial charge is 0.493 e. The number of carbonyl (C=O) groups excluding carboxylic acids is 1. The van der Waals surface area contributed by atoms with Crippen LogP contribution in [0.2, 0.25) is 0 Å². The summed E-state index contributed by atoms with van der Waals surface area (Å²) < 4.78 is 8.98. The van der Waals surface area contributed by atoms with Crippen molar-refractivity contribution in [2.45, 2.75) is 51.9 Å². The number of ketones is 1. The number of benzene rings is 1. The Bertz CT molecular complexity index is 774. The van der Waals surface area contributed by atoms with Gasteiger partial charge in [0.05, 0.1) is 25.7 Å². The highest BCUT2D eigenvalue weighted by molar-refractivity contribution is 9.14. The molecule has 27 heavy (non-hydrogen) atoms. The van der Waals surface area contributed by atoms with Crippen molar-refractivity contribution in [3.63, 3.8) is 0 Å². The second-order valence-corrected chi connectivity index (χ2v) is 9.68. The van der Waals surface area contributed by atoms with Gasteiger partial charge in [-0.3, -0.25) is 4.79 Å². The molecule has 2 aromatic rings. The van der Waals surface area contributed by atoms with Crippen molar-refractivity contribution in [1.82, 2.24) is 4.98 Å². The number of hydrogen-bond acceptors (Lipinski definition) is 2. The summed E-state index contributed by atoms with van der Waals surface area (Å²) in [4.78, 5) is 16.1. The Labute approximate surface area is 194 Å². The minimum absolute atomic E-state index is 0.121. The monoisotopic (exact) mass is 625 g/mol. The van der Waals surface area contributed by atoms with E-state index >= 15 is 0 Å². The average Bonchev–Trinajstić information content (AvgIpc) is 2.91. The van der Waals surface area contributed by atoms with Gasteiger partial charge in [0.2, 0.25) is 5.78 Å². The normalized spacial score (nSPS) is 11.0. The van der Waals surface area contributed by atoms with Crippen LogP contribution in [0.1, 0.15) is 67.9 Å². The zero-order valence-electron chi connectivity index (χ0n) is 15.2. The first-order valence-electron chi connectivity index (χ1n) is 9.15. The number of ether oxygens (including phenoxy) is 1. The Hall–Kier alpha value is -0.110. The zero-order valence-corrected chi connectivity index (χ0v) is 21.6. The van der Waals surface area contributed by atoms with Crippen LogP contribution < -0.4 is 4.74 Å². The Morgan fingerprint density at radius 2 is 1.63 bits per heavy atom. The molecule has 0 atom stereocenters. The summed E-state index contributed by atoms with van der Waals surface area (Å²) in [7, 11) is 0. The van der Waals surface area contributed by atoms with E-state index in [1.807, 2.05) is 12.1 Å². The summed E-state index contributed by atoms with van der Waals surface area (Å²) in [5.74, 6) is 0.493. The molecule has 0 fully saturated rings. The third kappa shape index (κ3) is 6.72. The molecule has 0 unspecified atom stereocenters. The van der Waals surface area contributed by atoms with Crippen LogP contribution in [0.4, 0.5) is 0 Å². The molecule has 3 nitrogen and oxygen atoms in total. The number of halogens is 4. The predicted molar refractivity (Wildman–Crippen MR) is 125 cm³/mol. The molecule has 0 aliphatic rings. The molecule has 0 aliphatic heterocycles. The summed E-state index contributed by atoms with van der Waals surface area (Å²) >= 11 is 13.7. The fourth-order valence-electron chi connectivity index (χ4n) is 2.76. The van der Waals surface area contributed by atoms with E-state index in [4.69, 9.17) is 4.74 Å². The molecule has 0 amide bonds. The second-order valence-electron chi connectivity index (χ2n) is 6.38. The first kappa shape index (κ1) is 23.2. The highest BCUT2D eigenvalue weighted by atomic mass is 79.9. The van der Waals surface area contributed by atoms with Crippen molar-refractivity contribution in [1.29, 1.82) is 0 Å². The fourth-order valence-corrected chi connectivity index (χ4v) is 4.56. The maximum Gasteiger partial charge on any atom is 0.214 e. The van der Waals surface area contributed by atoms with E-state index < -0.39 is 0 Å². The van der Waals surface area contributed by atoms with Gasteiger partial charge in [-0.15, -0.1) is 0 Å². The number of rotatable bonds is 11. The molecule has 7 heteroatoms. The number of unbranched alkanes of at least 4 members (excludes halogenated alkanes) is 6. The van der Waals surface area contributed by atoms with Gasteiger partial charge in [0.25, 0.3) is 0 Å². The molecular weight excluding hydrogens is 606 g/mol. The standard InChI is InChI=1S/C20H23Br4NO2/c1-2-3-4-5-6-7-8-11-27-15-10-9-13(21)12-14(15)19(26)18-16(22)17(23)20(24)25-18/h9-10,12,25H,2-8,11H2,1H3. The first-order chi connectivity index (χ1) is 13.0. The molecule has 1 aromatic heterocycles. The molecule has 0 radical (unpaired) electrons. The van der Waals surface area contributed by atoms with Crippen LogP contribution in [0.3, 0.4) is 0 Å². The van der Waals surface area contributed by atoms with E-state index in [0.29, 0.717) is 28.1 Å². The van der Waals surface area contributed by atoms with E-state index in [0.717, 1.165) is 26.4 Å². The Morgan fingerprint density at radius 1 is 0.963 bits per heavy atom. The van der Waals surface area contributed by atoms with Crippen LogP contribution in [0.5, 0.6) is 5.75 Å². The number of hydrogen-bond donors (Lipinski definition) is 1. The minimum atomic E-state index is -0.121. The zero-order chi connectivity index (χ0) is 19.8. The smallest absolute Gasteiger partial charge is 0.214 e. The van der Waals surface area contributed by atoms with Crippen LogP contribution in [0.25, 0.3) is 0 Å². The van der Waals surface area contributed by atoms with Gasteiger partial charge in [0.15, 0.2) is 0 Å². The van der Waals surface area contributed by atoms with Crippen molar-refractivity contribution < 1.29 is 9.53 Å². The van der Waals surface area contributed by atoms with Crippen molar-refractivity contribution in [2.75, 3.05) is 6.61 Å². The SMILES string of the molecule is CCCCCCCCCOc1ccc(Br)cc1C(=O)c1[nH]c(Br)c(Br)c1Br. The van der Waals surface area contributed by atoms with E-state index in [2.05, 4.69) is 75.6 Å². The maximum atomic E-state index is 13.0. The highest BCUT2D eigenvalue weighted by Gasteiger charge is 2.22. The summed E-state index contributed by atoms with van der Waals surface area (Å²) in [5, 5.41) is 0. The van der Waals surface area contributed by atoms with Crippen LogP contribution in [0, 0.1) is 0 Å². The van der Waals surface area contributed by atoms with Gasteiger partial charge in [-0.2, -0.15) is 0 Å². The Balaban J connectivity index is 2.00. The number of carbonyl (C=O) groups is 1. The summed E-state index contributed by atoms with van der Waals surface area (Å²) in [6.45, 7) is 2.85. The number of aromatic nitrogens is 1. The van der Waals surface area contributed by atoms with Gasteiger partial charge in [0.1, 0.15) is 11.4 Å². The molecule has 0 bridgehead atoms. The number of H-pyrrole nitrogens is 1. The van der Waals surface area contributed by atoms with Crippen molar-refractivity contribution in [3.8, 4) is 5.75 Å².